The van der Waals surface area contributed by atoms with Crippen LogP contribution in [0.3, 0.4) is 0 Å². The van der Waals surface area contributed by atoms with Gasteiger partial charge in [-0.1, -0.05) is 0 Å². The largest absolute Gasteiger partial charge is 0.452 e. The number of esters is 1. The number of nitro groups is 1. The van der Waals surface area contributed by atoms with E-state index >= 15 is 0 Å². The van der Waals surface area contributed by atoms with Gasteiger partial charge in [-0.2, -0.15) is 5.10 Å². The van der Waals surface area contributed by atoms with E-state index in [4.69, 9.17) is 4.74 Å². The van der Waals surface area contributed by atoms with Crippen molar-refractivity contribution in [3.05, 3.63) is 55.8 Å². The number of non-ortho nitro benzene ring substituents is 1. The van der Waals surface area contributed by atoms with Crippen LogP contribution in [0, 0.1) is 24.0 Å². The molecule has 2 aromatic heterocycles. The number of nitrogens with zero attached hydrogens (tertiary/aromatic N) is 4. The minimum atomic E-state index is -0.672. The van der Waals surface area contributed by atoms with Crippen LogP contribution in [-0.4, -0.2) is 38.2 Å². The van der Waals surface area contributed by atoms with Gasteiger partial charge in [-0.3, -0.25) is 19.6 Å². The summed E-state index contributed by atoms with van der Waals surface area (Å²) in [4.78, 5) is 39.3. The van der Waals surface area contributed by atoms with Crippen LogP contribution in [0.5, 0.6) is 0 Å². The number of pyridine rings is 1. The van der Waals surface area contributed by atoms with Crippen LogP contribution in [-0.2, 0) is 16.6 Å². The number of nitro benzene ring substituents is 1. The minimum Gasteiger partial charge on any atom is -0.452 e. The number of halogens is 1. The highest BCUT2D eigenvalue weighted by Crippen LogP contribution is 2.27. The molecule has 0 atom stereocenters. The lowest BCUT2D eigenvalue weighted by Gasteiger charge is -2.09. The molecule has 0 spiro atoms. The Morgan fingerprint density at radius 1 is 1.31 bits per heavy atom. The highest BCUT2D eigenvalue weighted by Gasteiger charge is 2.20. The van der Waals surface area contributed by atoms with Crippen molar-refractivity contribution < 1.29 is 19.2 Å². The number of amides is 1. The zero-order chi connectivity index (χ0) is 21.3. The third-order valence-electron chi connectivity index (χ3n) is 4.09. The number of hydrogen-bond acceptors (Lipinski definition) is 7. The summed E-state index contributed by atoms with van der Waals surface area (Å²) in [6, 6.07) is 5.50. The van der Waals surface area contributed by atoms with E-state index in [9.17, 15) is 19.7 Å². The van der Waals surface area contributed by atoms with Crippen molar-refractivity contribution in [1.82, 2.24) is 14.8 Å². The highest BCUT2D eigenvalue weighted by atomic mass is 79.9. The van der Waals surface area contributed by atoms with Crippen molar-refractivity contribution in [2.75, 3.05) is 11.9 Å². The van der Waals surface area contributed by atoms with Crippen molar-refractivity contribution in [1.29, 1.82) is 0 Å². The Morgan fingerprint density at radius 2 is 2.03 bits per heavy atom. The molecule has 0 aliphatic rings. The van der Waals surface area contributed by atoms with Crippen LogP contribution in [0.15, 0.2) is 28.7 Å². The lowest BCUT2D eigenvalue weighted by atomic mass is 10.1. The first-order chi connectivity index (χ1) is 13.7. The van der Waals surface area contributed by atoms with Crippen LogP contribution < -0.4 is 5.32 Å². The topological polar surface area (TPSA) is 129 Å². The molecule has 3 aromatic rings. The second-order valence-electron chi connectivity index (χ2n) is 6.26. The number of carbonyl (C=O) groups excluding carboxylic acids is 2. The molecule has 0 saturated carbocycles. The van der Waals surface area contributed by atoms with Crippen LogP contribution in [0.4, 0.5) is 11.4 Å². The van der Waals surface area contributed by atoms with Crippen molar-refractivity contribution in [2.45, 2.75) is 13.8 Å². The first-order valence-corrected chi connectivity index (χ1v) is 9.18. The lowest BCUT2D eigenvalue weighted by Crippen LogP contribution is -2.21. The van der Waals surface area contributed by atoms with Gasteiger partial charge in [0, 0.05) is 29.3 Å². The molecule has 0 fully saturated rings. The average molecular weight is 462 g/mol. The molecule has 0 unspecified atom stereocenters. The van der Waals surface area contributed by atoms with Gasteiger partial charge >= 0.3 is 5.97 Å². The number of rotatable bonds is 5. The molecule has 0 bridgehead atoms. The summed E-state index contributed by atoms with van der Waals surface area (Å²) in [7, 11) is 1.73. The van der Waals surface area contributed by atoms with Gasteiger partial charge in [0.1, 0.15) is 0 Å². The molecule has 1 amide bonds. The SMILES string of the molecule is Cc1cc(C(=O)OCC(=O)Nc2ccc([N+](=O)[O-])cc2Br)c2c(C)nn(C)c2n1. The van der Waals surface area contributed by atoms with E-state index in [0.29, 0.717) is 32.6 Å². The molecule has 0 saturated heterocycles. The summed E-state index contributed by atoms with van der Waals surface area (Å²) in [5, 5.41) is 18.1. The number of benzene rings is 1. The number of carbonyl (C=O) groups is 2. The molecule has 0 aliphatic heterocycles. The van der Waals surface area contributed by atoms with Crippen molar-refractivity contribution >= 4 is 50.2 Å². The van der Waals surface area contributed by atoms with E-state index in [0.717, 1.165) is 0 Å². The summed E-state index contributed by atoms with van der Waals surface area (Å²) in [6.45, 7) is 2.98. The van der Waals surface area contributed by atoms with Gasteiger partial charge in [-0.05, 0) is 41.9 Å². The molecule has 1 aromatic carbocycles. The van der Waals surface area contributed by atoms with E-state index in [1.54, 1.807) is 31.6 Å². The third-order valence-corrected chi connectivity index (χ3v) is 4.74. The molecule has 10 nitrogen and oxygen atoms in total. The van der Waals surface area contributed by atoms with Crippen LogP contribution in [0.2, 0.25) is 0 Å². The van der Waals surface area contributed by atoms with E-state index in [1.165, 1.54) is 18.2 Å². The standard InChI is InChI=1S/C18H16BrN5O5/c1-9-6-12(16-10(2)22-23(3)17(16)20-9)18(26)29-8-15(25)21-14-5-4-11(24(27)28)7-13(14)19/h4-7H,8H2,1-3H3,(H,21,25). The van der Waals surface area contributed by atoms with Crippen LogP contribution >= 0.6 is 15.9 Å². The van der Waals surface area contributed by atoms with Crippen molar-refractivity contribution in [3.8, 4) is 0 Å². The third kappa shape index (κ3) is 4.24. The Hall–Kier alpha value is -3.34. The molecule has 3 rings (SSSR count). The van der Waals surface area contributed by atoms with Gasteiger partial charge in [0.25, 0.3) is 11.6 Å². The van der Waals surface area contributed by atoms with Gasteiger partial charge in [-0.25, -0.2) is 9.78 Å². The molecule has 1 N–H and O–H groups in total. The lowest BCUT2D eigenvalue weighted by molar-refractivity contribution is -0.384. The zero-order valence-electron chi connectivity index (χ0n) is 15.7. The molecule has 0 radical (unpaired) electrons. The maximum Gasteiger partial charge on any atom is 0.339 e. The second-order valence-corrected chi connectivity index (χ2v) is 7.12. The Balaban J connectivity index is 1.72. The summed E-state index contributed by atoms with van der Waals surface area (Å²) in [5.74, 6) is -1.26. The van der Waals surface area contributed by atoms with Crippen molar-refractivity contribution in [3.63, 3.8) is 0 Å². The molecular weight excluding hydrogens is 446 g/mol. The Morgan fingerprint density at radius 3 is 2.69 bits per heavy atom. The normalized spacial score (nSPS) is 10.8. The first kappa shape index (κ1) is 20.4. The number of hydrogen-bond donors (Lipinski definition) is 1. The van der Waals surface area contributed by atoms with Gasteiger partial charge in [0.05, 0.1) is 27.3 Å². The van der Waals surface area contributed by atoms with Crippen LogP contribution in [0.25, 0.3) is 11.0 Å². The molecule has 2 heterocycles. The molecule has 29 heavy (non-hydrogen) atoms. The molecular formula is C18H16BrN5O5. The first-order valence-electron chi connectivity index (χ1n) is 8.39. The van der Waals surface area contributed by atoms with Crippen LogP contribution in [0.1, 0.15) is 21.7 Å². The summed E-state index contributed by atoms with van der Waals surface area (Å²) in [6.07, 6.45) is 0. The Labute approximate surface area is 173 Å². The molecule has 11 heteroatoms. The quantitative estimate of drug-likeness (QED) is 0.351. The highest BCUT2D eigenvalue weighted by molar-refractivity contribution is 9.10. The summed E-state index contributed by atoms with van der Waals surface area (Å²) < 4.78 is 7.07. The predicted octanol–water partition coefficient (Wildman–Crippen LogP) is 3.05. The minimum absolute atomic E-state index is 0.120. The van der Waals surface area contributed by atoms with E-state index in [1.807, 2.05) is 0 Å². The van der Waals surface area contributed by atoms with Gasteiger partial charge in [0.2, 0.25) is 0 Å². The van der Waals surface area contributed by atoms with Gasteiger partial charge in [-0.15, -0.1) is 0 Å². The maximum absolute atomic E-state index is 12.6. The number of aryl methyl sites for hydroxylation is 3. The van der Waals surface area contributed by atoms with E-state index < -0.39 is 23.4 Å². The number of anilines is 1. The fourth-order valence-electron chi connectivity index (χ4n) is 2.85. The fourth-order valence-corrected chi connectivity index (χ4v) is 3.31. The summed E-state index contributed by atoms with van der Waals surface area (Å²) in [5.41, 5.74) is 2.27. The predicted molar refractivity (Wildman–Crippen MR) is 108 cm³/mol. The number of aromatic nitrogens is 3. The zero-order valence-corrected chi connectivity index (χ0v) is 17.3. The number of ether oxygens (including phenoxy) is 1. The maximum atomic E-state index is 12.6. The molecule has 0 aliphatic carbocycles. The summed E-state index contributed by atoms with van der Waals surface area (Å²) >= 11 is 3.16. The second kappa shape index (κ2) is 7.95. The number of nitrogens with one attached hydrogen (secondary N) is 1. The smallest absolute Gasteiger partial charge is 0.339 e. The van der Waals surface area contributed by atoms with Gasteiger partial charge in [0.15, 0.2) is 12.3 Å². The number of fused-ring (bicyclic) bond motifs is 1. The van der Waals surface area contributed by atoms with Gasteiger partial charge < -0.3 is 10.1 Å². The Bertz CT molecular complexity index is 1160. The van der Waals surface area contributed by atoms with Crippen molar-refractivity contribution in [2.24, 2.45) is 7.05 Å². The van der Waals surface area contributed by atoms with E-state index in [-0.39, 0.29) is 11.3 Å². The average Bonchev–Trinajstić information content (AvgIpc) is 2.94. The fraction of sp³-hybridized carbons (Fsp3) is 0.222. The molecule has 150 valence electrons. The Kier molecular flexibility index (Phi) is 5.59. The monoisotopic (exact) mass is 461 g/mol. The van der Waals surface area contributed by atoms with E-state index in [2.05, 4.69) is 31.3 Å².